The number of ether oxygens (including phenoxy) is 2. The number of nitrogens with zero attached hydrogens (tertiary/aromatic N) is 4. The lowest BCUT2D eigenvalue weighted by Gasteiger charge is -2.23. The Kier molecular flexibility index (Phi) is 7.47. The largest absolute Gasteiger partial charge is 0.497 e. The van der Waals surface area contributed by atoms with E-state index in [1.807, 2.05) is 0 Å². The van der Waals surface area contributed by atoms with E-state index in [4.69, 9.17) is 26.0 Å². The van der Waals surface area contributed by atoms with Gasteiger partial charge in [-0.1, -0.05) is 12.1 Å². The number of benzene rings is 1. The molecule has 1 fully saturated rings. The average Bonchev–Trinajstić information content (AvgIpc) is 3.45. The molecule has 0 bridgehead atoms. The molecule has 37 heavy (non-hydrogen) atoms. The van der Waals surface area contributed by atoms with Crippen molar-refractivity contribution in [3.05, 3.63) is 42.5 Å². The standard InChI is InChI=1S/C22H26N8O7/c1-36-11-4-2-10(3-5-11)6-12(23)20(34)29-14-16(33)22(37-17(14)21(35)25-7-13(31)32)30-9-28-15-18(24)26-8-27-19(15)30/h2-5,8-9,12,14,16-17,22,33H,6-7,23H2,1H3,(H,25,35)(H,29,34)(H,31,32)(H2,24,26,27)/t12-,14-,16+,17-,22+/m0/s1. The number of nitrogens with two attached hydrogens (primary N) is 2. The summed E-state index contributed by atoms with van der Waals surface area (Å²) in [5, 5.41) is 24.8. The fourth-order valence-corrected chi connectivity index (χ4v) is 3.99. The van der Waals surface area contributed by atoms with E-state index in [0.29, 0.717) is 5.75 Å². The lowest BCUT2D eigenvalue weighted by Crippen LogP contribution is -2.56. The van der Waals surface area contributed by atoms with Gasteiger partial charge in [-0.25, -0.2) is 15.0 Å². The number of aliphatic carboxylic acids is 1. The van der Waals surface area contributed by atoms with E-state index in [0.717, 1.165) is 5.56 Å². The van der Waals surface area contributed by atoms with Gasteiger partial charge < -0.3 is 41.8 Å². The molecular weight excluding hydrogens is 488 g/mol. The molecule has 1 aromatic carbocycles. The van der Waals surface area contributed by atoms with Crippen LogP contribution in [0.5, 0.6) is 5.75 Å². The molecule has 3 aromatic rings. The van der Waals surface area contributed by atoms with Gasteiger partial charge in [-0.05, 0) is 24.1 Å². The summed E-state index contributed by atoms with van der Waals surface area (Å²) in [5.74, 6) is -2.04. The summed E-state index contributed by atoms with van der Waals surface area (Å²) in [7, 11) is 1.54. The molecule has 0 saturated carbocycles. The second-order valence-electron chi connectivity index (χ2n) is 8.33. The second-order valence-corrected chi connectivity index (χ2v) is 8.33. The molecule has 15 nitrogen and oxygen atoms in total. The number of aliphatic hydroxyl groups excluding tert-OH is 1. The second kappa shape index (κ2) is 10.7. The van der Waals surface area contributed by atoms with Crippen LogP contribution in [0.4, 0.5) is 5.82 Å². The molecule has 1 aliphatic rings. The first kappa shape index (κ1) is 25.7. The number of imidazole rings is 1. The predicted octanol–water partition coefficient (Wildman–Crippen LogP) is -2.07. The van der Waals surface area contributed by atoms with Crippen molar-refractivity contribution in [2.24, 2.45) is 5.73 Å². The maximum Gasteiger partial charge on any atom is 0.322 e. The number of hydrogen-bond donors (Lipinski definition) is 6. The normalized spacial score (nSPS) is 21.9. The van der Waals surface area contributed by atoms with Crippen LogP contribution < -0.4 is 26.8 Å². The zero-order valence-electron chi connectivity index (χ0n) is 19.6. The van der Waals surface area contributed by atoms with Crippen molar-refractivity contribution in [2.75, 3.05) is 19.4 Å². The van der Waals surface area contributed by atoms with Crippen molar-refractivity contribution in [3.63, 3.8) is 0 Å². The van der Waals surface area contributed by atoms with Crippen molar-refractivity contribution in [1.82, 2.24) is 30.2 Å². The monoisotopic (exact) mass is 514 g/mol. The number of hydrogen-bond acceptors (Lipinski definition) is 11. The van der Waals surface area contributed by atoms with Crippen LogP contribution >= 0.6 is 0 Å². The fourth-order valence-electron chi connectivity index (χ4n) is 3.99. The Bertz CT molecular complexity index is 1300. The minimum Gasteiger partial charge on any atom is -0.497 e. The first-order valence-electron chi connectivity index (χ1n) is 11.1. The highest BCUT2D eigenvalue weighted by molar-refractivity contribution is 5.88. The minimum atomic E-state index is -1.47. The molecular formula is C22H26N8O7. The van der Waals surface area contributed by atoms with Gasteiger partial charge in [-0.2, -0.15) is 0 Å². The van der Waals surface area contributed by atoms with Crippen LogP contribution in [0.3, 0.4) is 0 Å². The lowest BCUT2D eigenvalue weighted by atomic mass is 10.0. The van der Waals surface area contributed by atoms with E-state index in [1.165, 1.54) is 24.3 Å². The number of anilines is 1. The molecule has 2 amide bonds. The third-order valence-electron chi connectivity index (χ3n) is 5.87. The highest BCUT2D eigenvalue weighted by atomic mass is 16.5. The van der Waals surface area contributed by atoms with Gasteiger partial charge in [0.25, 0.3) is 5.91 Å². The molecule has 196 valence electrons. The van der Waals surface area contributed by atoms with Crippen LogP contribution in [0.2, 0.25) is 0 Å². The lowest BCUT2D eigenvalue weighted by molar-refractivity contribution is -0.142. The number of carbonyl (C=O) groups excluding carboxylic acids is 2. The summed E-state index contributed by atoms with van der Waals surface area (Å²) in [6, 6.07) is 4.68. The number of carboxylic acid groups (broad SMARTS) is 1. The Balaban J connectivity index is 1.55. The van der Waals surface area contributed by atoms with Gasteiger partial charge in [-0.15, -0.1) is 0 Å². The quantitative estimate of drug-likeness (QED) is 0.181. The van der Waals surface area contributed by atoms with Gasteiger partial charge in [-0.3, -0.25) is 19.0 Å². The first-order valence-corrected chi connectivity index (χ1v) is 11.1. The van der Waals surface area contributed by atoms with E-state index in [9.17, 15) is 19.5 Å². The van der Waals surface area contributed by atoms with Crippen LogP contribution in [0.1, 0.15) is 11.8 Å². The highest BCUT2D eigenvalue weighted by Gasteiger charge is 2.49. The fraction of sp³-hybridized carbons (Fsp3) is 0.364. The van der Waals surface area contributed by atoms with Crippen molar-refractivity contribution < 1.29 is 34.1 Å². The molecule has 15 heteroatoms. The molecule has 8 N–H and O–H groups in total. The Labute approximate surface area is 209 Å². The topological polar surface area (TPSA) is 230 Å². The predicted molar refractivity (Wildman–Crippen MR) is 127 cm³/mol. The Morgan fingerprint density at radius 2 is 1.95 bits per heavy atom. The molecule has 0 spiro atoms. The molecule has 0 unspecified atom stereocenters. The van der Waals surface area contributed by atoms with Crippen molar-refractivity contribution >= 4 is 34.8 Å². The number of carboxylic acids is 1. The number of methoxy groups -OCH3 is 1. The van der Waals surface area contributed by atoms with Gasteiger partial charge in [0.2, 0.25) is 5.91 Å². The van der Waals surface area contributed by atoms with Crippen molar-refractivity contribution in [3.8, 4) is 5.75 Å². The summed E-state index contributed by atoms with van der Waals surface area (Å²) in [4.78, 5) is 48.7. The summed E-state index contributed by atoms with van der Waals surface area (Å²) < 4.78 is 12.3. The van der Waals surface area contributed by atoms with Gasteiger partial charge in [0.1, 0.15) is 30.2 Å². The summed E-state index contributed by atoms with van der Waals surface area (Å²) >= 11 is 0. The van der Waals surface area contributed by atoms with E-state index >= 15 is 0 Å². The first-order chi connectivity index (χ1) is 17.7. The molecule has 2 aromatic heterocycles. The summed E-state index contributed by atoms with van der Waals surface area (Å²) in [5.41, 5.74) is 13.2. The number of fused-ring (bicyclic) bond motifs is 1. The zero-order valence-corrected chi connectivity index (χ0v) is 19.6. The molecule has 0 aliphatic carbocycles. The van der Waals surface area contributed by atoms with Crippen LogP contribution in [-0.2, 0) is 25.5 Å². The SMILES string of the molecule is COc1ccc(C[C@H](N)C(=O)N[C@H]2[C@@H](O)[C@H](n3cnc4c(N)ncnc43)O[C@@H]2C(=O)NCC(=O)O)cc1. The third kappa shape index (κ3) is 5.42. The molecule has 5 atom stereocenters. The number of rotatable bonds is 9. The van der Waals surface area contributed by atoms with E-state index in [1.54, 1.807) is 24.3 Å². The number of nitrogen functional groups attached to an aromatic ring is 1. The van der Waals surface area contributed by atoms with Gasteiger partial charge in [0.15, 0.2) is 23.8 Å². The van der Waals surface area contributed by atoms with Crippen molar-refractivity contribution in [2.45, 2.75) is 36.9 Å². The number of carbonyl (C=O) groups is 3. The maximum atomic E-state index is 12.9. The Morgan fingerprint density at radius 3 is 2.62 bits per heavy atom. The Morgan fingerprint density at radius 1 is 1.22 bits per heavy atom. The van der Waals surface area contributed by atoms with Crippen LogP contribution in [0.15, 0.2) is 36.9 Å². The molecule has 0 radical (unpaired) electrons. The number of nitrogens with one attached hydrogen (secondary N) is 2. The molecule has 4 rings (SSSR count). The number of aromatic nitrogens is 4. The minimum absolute atomic E-state index is 0.0985. The van der Waals surface area contributed by atoms with Crippen LogP contribution in [0.25, 0.3) is 11.2 Å². The zero-order chi connectivity index (χ0) is 26.7. The van der Waals surface area contributed by atoms with Gasteiger partial charge >= 0.3 is 5.97 Å². The van der Waals surface area contributed by atoms with E-state index < -0.39 is 54.8 Å². The number of aliphatic hydroxyl groups is 1. The van der Waals surface area contributed by atoms with E-state index in [-0.39, 0.29) is 23.4 Å². The maximum absolute atomic E-state index is 12.9. The van der Waals surface area contributed by atoms with E-state index in [2.05, 4.69) is 25.6 Å². The highest BCUT2D eigenvalue weighted by Crippen LogP contribution is 2.32. The van der Waals surface area contributed by atoms with Crippen LogP contribution in [0, 0.1) is 0 Å². The average molecular weight is 514 g/mol. The van der Waals surface area contributed by atoms with Gasteiger partial charge in [0.05, 0.1) is 25.5 Å². The molecule has 1 aliphatic heterocycles. The Hall–Kier alpha value is -4.34. The molecule has 3 heterocycles. The van der Waals surface area contributed by atoms with Gasteiger partial charge in [0, 0.05) is 0 Å². The summed E-state index contributed by atoms with van der Waals surface area (Å²) in [6.45, 7) is -0.686. The van der Waals surface area contributed by atoms with Crippen molar-refractivity contribution in [1.29, 1.82) is 0 Å². The van der Waals surface area contributed by atoms with Crippen LogP contribution in [-0.4, -0.2) is 85.5 Å². The third-order valence-corrected chi connectivity index (χ3v) is 5.87. The molecule has 1 saturated heterocycles. The number of amides is 2. The smallest absolute Gasteiger partial charge is 0.322 e. The summed E-state index contributed by atoms with van der Waals surface area (Å²) in [6.07, 6.45) is -1.47.